The highest BCUT2D eigenvalue weighted by Gasteiger charge is 2.23. The SMILES string of the molecule is CC1CCCC(C(C)NCc2csnn2)C1. The number of nitrogens with one attached hydrogen (secondary N) is 1. The topological polar surface area (TPSA) is 37.8 Å². The number of hydrogen-bond donors (Lipinski definition) is 1. The van der Waals surface area contributed by atoms with E-state index in [0.717, 1.165) is 24.1 Å². The summed E-state index contributed by atoms with van der Waals surface area (Å²) in [5.74, 6) is 1.75. The van der Waals surface area contributed by atoms with Gasteiger partial charge < -0.3 is 5.32 Å². The molecule has 0 radical (unpaired) electrons. The summed E-state index contributed by atoms with van der Waals surface area (Å²) in [6.45, 7) is 5.55. The minimum absolute atomic E-state index is 0.601. The Hall–Kier alpha value is -0.480. The van der Waals surface area contributed by atoms with Crippen LogP contribution >= 0.6 is 11.5 Å². The first kappa shape index (κ1) is 12.0. The summed E-state index contributed by atoms with van der Waals surface area (Å²) in [6.07, 6.45) is 5.58. The van der Waals surface area contributed by atoms with Crippen molar-refractivity contribution >= 4 is 11.5 Å². The van der Waals surface area contributed by atoms with E-state index in [2.05, 4.69) is 28.8 Å². The lowest BCUT2D eigenvalue weighted by Gasteiger charge is -2.31. The molecular formula is C12H21N3S. The van der Waals surface area contributed by atoms with Crippen LogP contribution < -0.4 is 5.32 Å². The Balaban J connectivity index is 1.76. The van der Waals surface area contributed by atoms with Gasteiger partial charge in [0.25, 0.3) is 0 Å². The summed E-state index contributed by atoms with van der Waals surface area (Å²) in [5.41, 5.74) is 1.07. The Kier molecular flexibility index (Phi) is 4.29. The summed E-state index contributed by atoms with van der Waals surface area (Å²) in [7, 11) is 0. The van der Waals surface area contributed by atoms with Gasteiger partial charge in [0.2, 0.25) is 0 Å². The van der Waals surface area contributed by atoms with Crippen LogP contribution in [-0.4, -0.2) is 15.6 Å². The van der Waals surface area contributed by atoms with E-state index < -0.39 is 0 Å². The van der Waals surface area contributed by atoms with Crippen molar-refractivity contribution < 1.29 is 0 Å². The van der Waals surface area contributed by atoms with Crippen molar-refractivity contribution in [1.82, 2.24) is 14.9 Å². The molecule has 0 aliphatic heterocycles. The molecule has 3 unspecified atom stereocenters. The third kappa shape index (κ3) is 3.25. The van der Waals surface area contributed by atoms with Crippen molar-refractivity contribution in [3.63, 3.8) is 0 Å². The Morgan fingerprint density at radius 2 is 2.44 bits per heavy atom. The van der Waals surface area contributed by atoms with Crippen LogP contribution in [0.2, 0.25) is 0 Å². The van der Waals surface area contributed by atoms with E-state index in [1.165, 1.54) is 37.2 Å². The minimum Gasteiger partial charge on any atom is -0.308 e. The Labute approximate surface area is 102 Å². The first-order valence-corrected chi connectivity index (χ1v) is 7.08. The second-order valence-electron chi connectivity index (χ2n) is 5.10. The Morgan fingerprint density at radius 3 is 3.12 bits per heavy atom. The second-order valence-corrected chi connectivity index (χ2v) is 5.71. The fourth-order valence-corrected chi connectivity index (χ4v) is 3.08. The third-order valence-electron chi connectivity index (χ3n) is 3.69. The minimum atomic E-state index is 0.601. The summed E-state index contributed by atoms with van der Waals surface area (Å²) in [5, 5.41) is 9.65. The Bertz CT molecular complexity index is 299. The standard InChI is InChI=1S/C12H21N3S/c1-9-4-3-5-11(6-9)10(2)13-7-12-8-16-15-14-12/h8-11,13H,3-7H2,1-2H3. The molecule has 0 saturated heterocycles. The molecular weight excluding hydrogens is 218 g/mol. The summed E-state index contributed by atoms with van der Waals surface area (Å²) in [4.78, 5) is 0. The zero-order chi connectivity index (χ0) is 11.4. The largest absolute Gasteiger partial charge is 0.308 e. The van der Waals surface area contributed by atoms with Crippen molar-refractivity contribution in [1.29, 1.82) is 0 Å². The molecule has 0 spiro atoms. The molecule has 0 aromatic carbocycles. The summed E-state index contributed by atoms with van der Waals surface area (Å²) < 4.78 is 3.88. The molecule has 1 fully saturated rings. The van der Waals surface area contributed by atoms with Crippen LogP contribution in [0, 0.1) is 11.8 Å². The lowest BCUT2D eigenvalue weighted by Crippen LogP contribution is -2.35. The van der Waals surface area contributed by atoms with Crippen LogP contribution in [0.4, 0.5) is 0 Å². The molecule has 0 amide bonds. The molecule has 3 atom stereocenters. The molecule has 1 aromatic rings. The third-order valence-corrected chi connectivity index (χ3v) is 4.25. The zero-order valence-corrected chi connectivity index (χ0v) is 11.0. The van der Waals surface area contributed by atoms with E-state index in [1.54, 1.807) is 0 Å². The van der Waals surface area contributed by atoms with E-state index in [4.69, 9.17) is 0 Å². The number of hydrogen-bond acceptors (Lipinski definition) is 4. The van der Waals surface area contributed by atoms with Crippen molar-refractivity contribution in [2.24, 2.45) is 11.8 Å². The molecule has 1 aliphatic rings. The van der Waals surface area contributed by atoms with Crippen LogP contribution in [0.3, 0.4) is 0 Å². The fraction of sp³-hybridized carbons (Fsp3) is 0.833. The van der Waals surface area contributed by atoms with Crippen LogP contribution in [-0.2, 0) is 6.54 Å². The molecule has 1 aliphatic carbocycles. The van der Waals surface area contributed by atoms with Gasteiger partial charge in [0.1, 0.15) is 0 Å². The maximum atomic E-state index is 4.05. The van der Waals surface area contributed by atoms with Gasteiger partial charge in [-0.3, -0.25) is 0 Å². The second kappa shape index (κ2) is 5.73. The normalized spacial score (nSPS) is 27.9. The number of aromatic nitrogens is 2. The molecule has 90 valence electrons. The highest BCUT2D eigenvalue weighted by Crippen LogP contribution is 2.30. The molecule has 0 bridgehead atoms. The van der Waals surface area contributed by atoms with Gasteiger partial charge in [-0.25, -0.2) is 0 Å². The monoisotopic (exact) mass is 239 g/mol. The van der Waals surface area contributed by atoms with Gasteiger partial charge in [-0.2, -0.15) is 0 Å². The van der Waals surface area contributed by atoms with E-state index in [1.807, 2.05) is 5.38 Å². The highest BCUT2D eigenvalue weighted by molar-refractivity contribution is 7.03. The van der Waals surface area contributed by atoms with Gasteiger partial charge in [0, 0.05) is 18.0 Å². The van der Waals surface area contributed by atoms with Gasteiger partial charge >= 0.3 is 0 Å². The van der Waals surface area contributed by atoms with E-state index in [9.17, 15) is 0 Å². The first-order chi connectivity index (χ1) is 7.75. The summed E-state index contributed by atoms with van der Waals surface area (Å²) in [6, 6.07) is 0.601. The molecule has 1 aromatic heterocycles. The van der Waals surface area contributed by atoms with E-state index >= 15 is 0 Å². The average Bonchev–Trinajstić information content (AvgIpc) is 2.78. The number of rotatable bonds is 4. The predicted octanol–water partition coefficient (Wildman–Crippen LogP) is 2.84. The van der Waals surface area contributed by atoms with Crippen LogP contribution in [0.5, 0.6) is 0 Å². The van der Waals surface area contributed by atoms with E-state index in [-0.39, 0.29) is 0 Å². The highest BCUT2D eigenvalue weighted by atomic mass is 32.1. The first-order valence-electron chi connectivity index (χ1n) is 6.25. The molecule has 1 saturated carbocycles. The van der Waals surface area contributed by atoms with Crippen molar-refractivity contribution in [2.75, 3.05) is 0 Å². The lowest BCUT2D eigenvalue weighted by atomic mass is 9.79. The van der Waals surface area contributed by atoms with Gasteiger partial charge in [-0.15, -0.1) is 5.10 Å². The fourth-order valence-electron chi connectivity index (χ4n) is 2.63. The van der Waals surface area contributed by atoms with Crippen LogP contribution in [0.25, 0.3) is 0 Å². The lowest BCUT2D eigenvalue weighted by molar-refractivity contribution is 0.230. The van der Waals surface area contributed by atoms with Crippen molar-refractivity contribution in [2.45, 2.75) is 52.1 Å². The maximum Gasteiger partial charge on any atom is 0.0893 e. The molecule has 1 heterocycles. The van der Waals surface area contributed by atoms with Crippen LogP contribution in [0.1, 0.15) is 45.2 Å². The molecule has 4 heteroatoms. The summed E-state index contributed by atoms with van der Waals surface area (Å²) >= 11 is 1.43. The van der Waals surface area contributed by atoms with Gasteiger partial charge in [-0.05, 0) is 43.1 Å². The van der Waals surface area contributed by atoms with Crippen molar-refractivity contribution in [3.8, 4) is 0 Å². The van der Waals surface area contributed by atoms with Gasteiger partial charge in [0.15, 0.2) is 0 Å². The average molecular weight is 239 g/mol. The van der Waals surface area contributed by atoms with Crippen molar-refractivity contribution in [3.05, 3.63) is 11.1 Å². The van der Waals surface area contributed by atoms with Gasteiger partial charge in [-0.1, -0.05) is 24.3 Å². The Morgan fingerprint density at radius 1 is 1.56 bits per heavy atom. The molecule has 3 nitrogen and oxygen atoms in total. The smallest absolute Gasteiger partial charge is 0.0893 e. The quantitative estimate of drug-likeness (QED) is 0.878. The zero-order valence-electron chi connectivity index (χ0n) is 10.1. The van der Waals surface area contributed by atoms with Gasteiger partial charge in [0.05, 0.1) is 5.69 Å². The molecule has 16 heavy (non-hydrogen) atoms. The predicted molar refractivity (Wildman–Crippen MR) is 67.3 cm³/mol. The molecule has 1 N–H and O–H groups in total. The number of nitrogens with zero attached hydrogens (tertiary/aromatic N) is 2. The van der Waals surface area contributed by atoms with E-state index in [0.29, 0.717) is 6.04 Å². The maximum absolute atomic E-state index is 4.05. The molecule has 2 rings (SSSR count). The van der Waals surface area contributed by atoms with Crippen LogP contribution in [0.15, 0.2) is 5.38 Å².